The summed E-state index contributed by atoms with van der Waals surface area (Å²) in [5, 5.41) is 3.40. The molecule has 0 radical (unpaired) electrons. The van der Waals surface area contributed by atoms with Gasteiger partial charge < -0.3 is 10.2 Å². The zero-order valence-electron chi connectivity index (χ0n) is 21.3. The molecule has 0 heterocycles. The third-order valence-electron chi connectivity index (χ3n) is 7.94. The van der Waals surface area contributed by atoms with Gasteiger partial charge in [0.1, 0.15) is 6.04 Å². The first-order valence-electron chi connectivity index (χ1n) is 13.8. The van der Waals surface area contributed by atoms with Gasteiger partial charge >= 0.3 is 0 Å². The number of nitrogens with zero attached hydrogens (tertiary/aromatic N) is 1. The van der Waals surface area contributed by atoms with Crippen molar-refractivity contribution in [1.82, 2.24) is 10.2 Å². The van der Waals surface area contributed by atoms with Gasteiger partial charge in [-0.15, -0.1) is 0 Å². The first-order chi connectivity index (χ1) is 16.1. The molecule has 1 atom stereocenters. The van der Waals surface area contributed by atoms with E-state index in [-0.39, 0.29) is 31.4 Å². The summed E-state index contributed by atoms with van der Waals surface area (Å²) < 4.78 is 0. The second-order valence-corrected chi connectivity index (χ2v) is 10.2. The highest BCUT2D eigenvalue weighted by atomic mass is 16.2. The Morgan fingerprint density at radius 3 is 2.00 bits per heavy atom. The summed E-state index contributed by atoms with van der Waals surface area (Å²) in [7, 11) is 0. The SMILES string of the molecule is CC.Cc1ccccc1C(=O)N(C1CCCCC1)C(C(=O)NC1CCCCC1)C1CCCC1.[HH]. The lowest BCUT2D eigenvalue weighted by atomic mass is 9.87. The first kappa shape index (κ1) is 25.8. The number of aryl methyl sites for hydroxylation is 1. The van der Waals surface area contributed by atoms with E-state index in [1.54, 1.807) is 0 Å². The molecule has 3 aliphatic carbocycles. The van der Waals surface area contributed by atoms with E-state index in [2.05, 4.69) is 10.2 Å². The Hall–Kier alpha value is -1.84. The van der Waals surface area contributed by atoms with Gasteiger partial charge in [-0.05, 0) is 63.0 Å². The summed E-state index contributed by atoms with van der Waals surface area (Å²) >= 11 is 0. The molecule has 186 valence electrons. The van der Waals surface area contributed by atoms with Gasteiger partial charge in [0.25, 0.3) is 5.91 Å². The van der Waals surface area contributed by atoms with Gasteiger partial charge in [-0.1, -0.05) is 83.4 Å². The predicted octanol–water partition coefficient (Wildman–Crippen LogP) is 7.05. The summed E-state index contributed by atoms with van der Waals surface area (Å²) in [5.41, 5.74) is 1.77. The molecule has 3 aliphatic rings. The van der Waals surface area contributed by atoms with E-state index in [1.807, 2.05) is 45.0 Å². The number of hydrogen-bond donors (Lipinski definition) is 1. The van der Waals surface area contributed by atoms with E-state index < -0.39 is 0 Å². The van der Waals surface area contributed by atoms with E-state index >= 15 is 0 Å². The van der Waals surface area contributed by atoms with Crippen molar-refractivity contribution in [3.05, 3.63) is 35.4 Å². The molecule has 0 aromatic heterocycles. The zero-order valence-corrected chi connectivity index (χ0v) is 21.3. The van der Waals surface area contributed by atoms with E-state index in [0.29, 0.717) is 5.92 Å². The number of hydrogen-bond acceptors (Lipinski definition) is 2. The van der Waals surface area contributed by atoms with Crippen molar-refractivity contribution in [1.29, 1.82) is 0 Å². The van der Waals surface area contributed by atoms with Gasteiger partial charge in [0.05, 0.1) is 0 Å². The van der Waals surface area contributed by atoms with Gasteiger partial charge in [0.15, 0.2) is 0 Å². The van der Waals surface area contributed by atoms with Crippen LogP contribution in [0.4, 0.5) is 0 Å². The number of amides is 2. The molecule has 0 aliphatic heterocycles. The number of benzene rings is 1. The van der Waals surface area contributed by atoms with Crippen molar-refractivity contribution in [2.75, 3.05) is 0 Å². The molecule has 3 fully saturated rings. The number of nitrogens with one attached hydrogen (secondary N) is 1. The summed E-state index contributed by atoms with van der Waals surface area (Å²) in [5.74, 6) is 0.477. The van der Waals surface area contributed by atoms with Gasteiger partial charge in [-0.3, -0.25) is 9.59 Å². The van der Waals surface area contributed by atoms with Gasteiger partial charge in [-0.2, -0.15) is 0 Å². The third kappa shape index (κ3) is 6.61. The molecule has 1 N–H and O–H groups in total. The second-order valence-electron chi connectivity index (χ2n) is 10.2. The lowest BCUT2D eigenvalue weighted by molar-refractivity contribution is -0.129. The van der Waals surface area contributed by atoms with Crippen LogP contribution >= 0.6 is 0 Å². The molecular weight excluding hydrogens is 408 g/mol. The molecule has 1 unspecified atom stereocenters. The average Bonchev–Trinajstić information content (AvgIpc) is 3.39. The fourth-order valence-corrected chi connectivity index (χ4v) is 6.20. The van der Waals surface area contributed by atoms with E-state index in [0.717, 1.165) is 62.5 Å². The molecule has 1 aromatic rings. The van der Waals surface area contributed by atoms with Crippen molar-refractivity contribution >= 4 is 11.8 Å². The Morgan fingerprint density at radius 1 is 0.848 bits per heavy atom. The van der Waals surface area contributed by atoms with Gasteiger partial charge in [0.2, 0.25) is 5.91 Å². The lowest BCUT2D eigenvalue weighted by Gasteiger charge is -2.42. The molecule has 0 saturated heterocycles. The largest absolute Gasteiger partial charge is 0.352 e. The molecule has 0 spiro atoms. The van der Waals surface area contributed by atoms with Crippen LogP contribution in [0.1, 0.15) is 121 Å². The normalized spacial score (nSPS) is 21.1. The molecule has 2 amide bonds. The number of carbonyl (C=O) groups excluding carboxylic acids is 2. The molecule has 3 saturated carbocycles. The van der Waals surface area contributed by atoms with Crippen molar-refractivity contribution in [2.45, 2.75) is 129 Å². The van der Waals surface area contributed by atoms with Crippen LogP contribution in [0.15, 0.2) is 24.3 Å². The Labute approximate surface area is 203 Å². The van der Waals surface area contributed by atoms with Gasteiger partial charge in [-0.25, -0.2) is 0 Å². The van der Waals surface area contributed by atoms with Crippen molar-refractivity contribution in [2.24, 2.45) is 5.92 Å². The smallest absolute Gasteiger partial charge is 0.255 e. The summed E-state index contributed by atoms with van der Waals surface area (Å²) in [6.07, 6.45) is 15.9. The van der Waals surface area contributed by atoms with Crippen LogP contribution in [0.5, 0.6) is 0 Å². The third-order valence-corrected chi connectivity index (χ3v) is 7.94. The van der Waals surface area contributed by atoms with Crippen LogP contribution < -0.4 is 5.32 Å². The number of rotatable bonds is 6. The zero-order chi connectivity index (χ0) is 23.6. The summed E-state index contributed by atoms with van der Waals surface area (Å²) in [6.45, 7) is 6.01. The van der Waals surface area contributed by atoms with Crippen LogP contribution in [0.2, 0.25) is 0 Å². The molecule has 4 nitrogen and oxygen atoms in total. The van der Waals surface area contributed by atoms with E-state index in [9.17, 15) is 9.59 Å². The standard InChI is InChI=1S/C27H40N2O2.C2H6.H2/c1-20-12-8-11-19-24(20)27(31)29(23-17-6-3-7-18-23)25(21-13-9-10-14-21)26(30)28-22-15-4-2-5-16-22;1-2;/h8,11-12,19,21-23,25H,2-7,9-10,13-18H2,1H3,(H,28,30);1-2H3;1H. The Morgan fingerprint density at radius 2 is 1.39 bits per heavy atom. The van der Waals surface area contributed by atoms with Crippen molar-refractivity contribution in [3.63, 3.8) is 0 Å². The number of carbonyl (C=O) groups is 2. The fraction of sp³-hybridized carbons (Fsp3) is 0.724. The maximum Gasteiger partial charge on any atom is 0.255 e. The van der Waals surface area contributed by atoms with Gasteiger partial charge in [0, 0.05) is 19.1 Å². The fourth-order valence-electron chi connectivity index (χ4n) is 6.20. The highest BCUT2D eigenvalue weighted by molar-refractivity contribution is 5.99. The molecular formula is C29H48N2O2. The van der Waals surface area contributed by atoms with E-state index in [1.165, 1.54) is 38.5 Å². The molecule has 4 heteroatoms. The summed E-state index contributed by atoms with van der Waals surface area (Å²) in [4.78, 5) is 29.9. The minimum absolute atomic E-state index is 0. The predicted molar refractivity (Wildman–Crippen MR) is 138 cm³/mol. The molecule has 33 heavy (non-hydrogen) atoms. The lowest BCUT2D eigenvalue weighted by Crippen LogP contribution is -2.58. The minimum atomic E-state index is -0.320. The minimum Gasteiger partial charge on any atom is -0.352 e. The first-order valence-corrected chi connectivity index (χ1v) is 13.8. The van der Waals surface area contributed by atoms with Crippen LogP contribution in [0, 0.1) is 12.8 Å². The highest BCUT2D eigenvalue weighted by Gasteiger charge is 2.42. The maximum atomic E-state index is 14.0. The monoisotopic (exact) mass is 456 g/mol. The van der Waals surface area contributed by atoms with Crippen LogP contribution in [-0.2, 0) is 4.79 Å². The quantitative estimate of drug-likeness (QED) is 0.498. The molecule has 4 rings (SSSR count). The van der Waals surface area contributed by atoms with Crippen LogP contribution in [-0.4, -0.2) is 34.8 Å². The Balaban J connectivity index is 0.00000133. The van der Waals surface area contributed by atoms with E-state index in [4.69, 9.17) is 0 Å². The highest BCUT2D eigenvalue weighted by Crippen LogP contribution is 2.35. The Bertz CT molecular complexity index is 750. The Kier molecular flexibility index (Phi) is 10.3. The average molecular weight is 457 g/mol. The molecule has 1 aromatic carbocycles. The van der Waals surface area contributed by atoms with Crippen molar-refractivity contribution in [3.8, 4) is 0 Å². The van der Waals surface area contributed by atoms with Crippen LogP contribution in [0.3, 0.4) is 0 Å². The maximum absolute atomic E-state index is 14.0. The van der Waals surface area contributed by atoms with Crippen molar-refractivity contribution < 1.29 is 11.0 Å². The topological polar surface area (TPSA) is 49.4 Å². The summed E-state index contributed by atoms with van der Waals surface area (Å²) in [6, 6.07) is 8.04. The van der Waals surface area contributed by atoms with Crippen LogP contribution in [0.25, 0.3) is 0 Å². The second kappa shape index (κ2) is 13.2. The molecule has 0 bridgehead atoms.